The van der Waals surface area contributed by atoms with Gasteiger partial charge in [0.05, 0.1) is 11.3 Å². The van der Waals surface area contributed by atoms with Crippen LogP contribution in [0.5, 0.6) is 0 Å². The first-order valence-corrected chi connectivity index (χ1v) is 11.1. The van der Waals surface area contributed by atoms with Crippen molar-refractivity contribution in [3.05, 3.63) is 46.4 Å². The number of fused-ring (bicyclic) bond motifs is 2. The zero-order valence-electron chi connectivity index (χ0n) is 18.6. The van der Waals surface area contributed by atoms with Gasteiger partial charge in [-0.3, -0.25) is 14.8 Å². The van der Waals surface area contributed by atoms with E-state index in [2.05, 4.69) is 28.4 Å². The van der Waals surface area contributed by atoms with Gasteiger partial charge in [0.2, 0.25) is 5.95 Å². The summed E-state index contributed by atoms with van der Waals surface area (Å²) in [6.45, 7) is 6.09. The third kappa shape index (κ3) is 3.53. The largest absolute Gasteiger partial charge is 0.396 e. The van der Waals surface area contributed by atoms with Gasteiger partial charge in [-0.2, -0.15) is 0 Å². The average molecular weight is 436 g/mol. The molecule has 8 heteroatoms. The van der Waals surface area contributed by atoms with Crippen LogP contribution < -0.4 is 10.9 Å². The second-order valence-electron chi connectivity index (χ2n) is 9.82. The number of aromatic amines is 1. The van der Waals surface area contributed by atoms with Gasteiger partial charge in [-0.15, -0.1) is 5.10 Å². The van der Waals surface area contributed by atoms with Crippen molar-refractivity contribution >= 4 is 22.9 Å². The molecule has 0 radical (unpaired) electrons. The van der Waals surface area contributed by atoms with Crippen LogP contribution in [0.2, 0.25) is 0 Å². The number of anilines is 1. The zero-order valence-corrected chi connectivity index (χ0v) is 18.6. The number of hydrogen-bond acceptors (Lipinski definition) is 6. The van der Waals surface area contributed by atoms with Crippen LogP contribution in [0.15, 0.2) is 40.2 Å². The van der Waals surface area contributed by atoms with Gasteiger partial charge in [0.25, 0.3) is 5.56 Å². The van der Waals surface area contributed by atoms with E-state index < -0.39 is 5.60 Å². The molecule has 1 fully saturated rings. The number of aliphatic hydroxyl groups is 2. The lowest BCUT2D eigenvalue weighted by Gasteiger charge is -2.41. The number of aliphatic hydroxyl groups excluding tert-OH is 1. The smallest absolute Gasteiger partial charge is 0.277 e. The summed E-state index contributed by atoms with van der Waals surface area (Å²) in [5.41, 5.74) is 4.30. The van der Waals surface area contributed by atoms with E-state index >= 15 is 0 Å². The first-order chi connectivity index (χ1) is 15.2. The molecule has 4 N–H and O–H groups in total. The third-order valence-corrected chi connectivity index (χ3v) is 7.03. The number of H-pyrrole nitrogens is 1. The molecule has 0 saturated heterocycles. The standard InChI is InChI=1S/C24H29N5O3/c1-14-23(2,7-9-30)11-16-10-15(4-5-19(16)25-14)18-6-8-29-20(18)21(31)27-22(28-29)26-17-12-24(3,32)13-17/h4-6,8,10,17,30,32H,7,9,11-13H2,1-3H3,(H2,26,27,28,31)/t17?,23-,24?/m1/s1. The van der Waals surface area contributed by atoms with E-state index in [0.29, 0.717) is 30.7 Å². The molecule has 3 heterocycles. The van der Waals surface area contributed by atoms with Gasteiger partial charge in [-0.1, -0.05) is 13.0 Å². The van der Waals surface area contributed by atoms with E-state index in [1.807, 2.05) is 25.1 Å². The number of hydrogen-bond donors (Lipinski definition) is 4. The quantitative estimate of drug-likeness (QED) is 0.492. The highest BCUT2D eigenvalue weighted by Crippen LogP contribution is 2.40. The number of nitrogens with zero attached hydrogens (tertiary/aromatic N) is 3. The van der Waals surface area contributed by atoms with E-state index in [0.717, 1.165) is 34.5 Å². The molecule has 2 aliphatic rings. The maximum atomic E-state index is 12.9. The first kappa shape index (κ1) is 20.9. The van der Waals surface area contributed by atoms with Crippen molar-refractivity contribution in [3.8, 4) is 11.1 Å². The van der Waals surface area contributed by atoms with Gasteiger partial charge in [-0.25, -0.2) is 4.52 Å². The summed E-state index contributed by atoms with van der Waals surface area (Å²) in [5, 5.41) is 27.1. The molecular formula is C24H29N5O3. The number of nitrogens with one attached hydrogen (secondary N) is 2. The topological polar surface area (TPSA) is 115 Å². The fourth-order valence-corrected chi connectivity index (χ4v) is 5.01. The molecule has 32 heavy (non-hydrogen) atoms. The van der Waals surface area contributed by atoms with Crippen LogP contribution in [0.1, 0.15) is 45.6 Å². The Hall–Kier alpha value is -2.97. The van der Waals surface area contributed by atoms with Gasteiger partial charge >= 0.3 is 0 Å². The predicted octanol–water partition coefficient (Wildman–Crippen LogP) is 3.05. The van der Waals surface area contributed by atoms with Crippen molar-refractivity contribution in [2.75, 3.05) is 11.9 Å². The van der Waals surface area contributed by atoms with Gasteiger partial charge in [0.1, 0.15) is 5.52 Å². The highest BCUT2D eigenvalue weighted by atomic mass is 16.3. The SMILES string of the molecule is CC1=Nc2ccc(-c3ccn4nc(NC5CC(C)(O)C5)[nH]c(=O)c34)cc2C[C@@]1(C)CCO. The molecule has 1 aliphatic carbocycles. The Kier molecular flexibility index (Phi) is 4.76. The van der Waals surface area contributed by atoms with Crippen LogP contribution in [0, 0.1) is 5.41 Å². The minimum atomic E-state index is -0.648. The normalized spacial score (nSPS) is 27.0. The highest BCUT2D eigenvalue weighted by Gasteiger charge is 2.38. The lowest BCUT2D eigenvalue weighted by molar-refractivity contribution is -0.0236. The van der Waals surface area contributed by atoms with Crippen molar-refractivity contribution in [2.45, 2.75) is 58.1 Å². The molecule has 1 saturated carbocycles. The number of rotatable bonds is 5. The summed E-state index contributed by atoms with van der Waals surface area (Å²) in [7, 11) is 0. The molecule has 0 spiro atoms. The molecule has 0 amide bonds. The van der Waals surface area contributed by atoms with Crippen LogP contribution in [0.3, 0.4) is 0 Å². The summed E-state index contributed by atoms with van der Waals surface area (Å²) in [5.74, 6) is 0.403. The molecule has 3 aromatic rings. The van der Waals surface area contributed by atoms with Crippen LogP contribution >= 0.6 is 0 Å². The zero-order chi connectivity index (χ0) is 22.7. The molecule has 1 atom stereocenters. The van der Waals surface area contributed by atoms with Crippen LogP contribution in [-0.2, 0) is 6.42 Å². The van der Waals surface area contributed by atoms with Gasteiger partial charge in [0.15, 0.2) is 0 Å². The van der Waals surface area contributed by atoms with Crippen molar-refractivity contribution in [1.29, 1.82) is 0 Å². The van der Waals surface area contributed by atoms with Crippen molar-refractivity contribution < 1.29 is 10.2 Å². The van der Waals surface area contributed by atoms with E-state index in [9.17, 15) is 15.0 Å². The maximum absolute atomic E-state index is 12.9. The van der Waals surface area contributed by atoms with Gasteiger partial charge < -0.3 is 15.5 Å². The molecule has 0 unspecified atom stereocenters. The highest BCUT2D eigenvalue weighted by molar-refractivity contribution is 5.93. The Morgan fingerprint density at radius 1 is 1.28 bits per heavy atom. The van der Waals surface area contributed by atoms with E-state index in [4.69, 9.17) is 4.99 Å². The minimum Gasteiger partial charge on any atom is -0.396 e. The molecule has 5 rings (SSSR count). The Balaban J connectivity index is 1.48. The Labute approximate surface area is 186 Å². The fraction of sp³-hybridized carbons (Fsp3) is 0.458. The van der Waals surface area contributed by atoms with Gasteiger partial charge in [0, 0.05) is 35.5 Å². The second-order valence-corrected chi connectivity index (χ2v) is 9.82. The lowest BCUT2D eigenvalue weighted by Crippen LogP contribution is -2.48. The molecular weight excluding hydrogens is 406 g/mol. The summed E-state index contributed by atoms with van der Waals surface area (Å²) in [4.78, 5) is 20.6. The lowest BCUT2D eigenvalue weighted by atomic mass is 9.74. The fourth-order valence-electron chi connectivity index (χ4n) is 5.01. The summed E-state index contributed by atoms with van der Waals surface area (Å²) in [6.07, 6.45) is 4.50. The van der Waals surface area contributed by atoms with Gasteiger partial charge in [-0.05, 0) is 68.9 Å². The summed E-state index contributed by atoms with van der Waals surface area (Å²) < 4.78 is 1.60. The summed E-state index contributed by atoms with van der Waals surface area (Å²) in [6, 6.07) is 8.08. The number of aliphatic imine (C=N–C) groups is 1. The third-order valence-electron chi connectivity index (χ3n) is 7.03. The molecule has 2 aromatic heterocycles. The Bertz CT molecular complexity index is 1280. The average Bonchev–Trinajstić information content (AvgIpc) is 3.12. The second kappa shape index (κ2) is 7.28. The Morgan fingerprint density at radius 2 is 2.06 bits per heavy atom. The van der Waals surface area contributed by atoms with E-state index in [1.165, 1.54) is 0 Å². The molecule has 168 valence electrons. The molecule has 8 nitrogen and oxygen atoms in total. The van der Waals surface area contributed by atoms with Crippen LogP contribution in [0.25, 0.3) is 16.6 Å². The Morgan fingerprint density at radius 3 is 2.78 bits per heavy atom. The van der Waals surface area contributed by atoms with E-state index in [1.54, 1.807) is 17.6 Å². The molecule has 1 aliphatic heterocycles. The summed E-state index contributed by atoms with van der Waals surface area (Å²) >= 11 is 0. The van der Waals surface area contributed by atoms with Crippen molar-refractivity contribution in [1.82, 2.24) is 14.6 Å². The maximum Gasteiger partial charge on any atom is 0.277 e. The number of aromatic nitrogens is 3. The predicted molar refractivity (Wildman–Crippen MR) is 125 cm³/mol. The van der Waals surface area contributed by atoms with Crippen molar-refractivity contribution in [3.63, 3.8) is 0 Å². The first-order valence-electron chi connectivity index (χ1n) is 11.1. The van der Waals surface area contributed by atoms with Crippen molar-refractivity contribution in [2.24, 2.45) is 10.4 Å². The van der Waals surface area contributed by atoms with Crippen LogP contribution in [-0.4, -0.2) is 48.8 Å². The van der Waals surface area contributed by atoms with E-state index in [-0.39, 0.29) is 23.6 Å². The number of benzene rings is 1. The monoisotopic (exact) mass is 435 g/mol. The molecule has 0 bridgehead atoms. The van der Waals surface area contributed by atoms with Crippen LogP contribution in [0.4, 0.5) is 11.6 Å². The molecule has 1 aromatic carbocycles. The minimum absolute atomic E-state index is 0.0959.